The fourth-order valence-corrected chi connectivity index (χ4v) is 4.48. The van der Waals surface area contributed by atoms with Crippen LogP contribution in [0.3, 0.4) is 0 Å². The first kappa shape index (κ1) is 22.3. The van der Waals surface area contributed by atoms with Gasteiger partial charge in [0.25, 0.3) is 0 Å². The van der Waals surface area contributed by atoms with Gasteiger partial charge in [0, 0.05) is 62.6 Å². The normalized spacial score (nSPS) is 19.9. The zero-order valence-corrected chi connectivity index (χ0v) is 19.0. The molecule has 2 aliphatic heterocycles. The molecule has 0 N–H and O–H groups in total. The van der Waals surface area contributed by atoms with E-state index in [1.807, 2.05) is 31.7 Å². The van der Waals surface area contributed by atoms with E-state index < -0.39 is 5.60 Å². The summed E-state index contributed by atoms with van der Waals surface area (Å²) in [5.41, 5.74) is 1.09. The standard InChI is InChI=1S/C24H31FN4O3/c1-24(2,3)32-23(31)29-10-4-5-17(16-29)22(30)28-13-11-27(12-14-28)21-8-9-26-20-15-18(25)6-7-19(20)21/h6-9,15,17H,4-5,10-14,16H2,1-3H3. The number of likely N-dealkylation sites (tertiary alicyclic amines) is 1. The van der Waals surface area contributed by atoms with Crippen molar-refractivity contribution in [2.24, 2.45) is 5.92 Å². The number of benzene rings is 1. The van der Waals surface area contributed by atoms with Gasteiger partial charge in [0.05, 0.1) is 11.4 Å². The number of piperazine rings is 1. The topological polar surface area (TPSA) is 66.0 Å². The highest BCUT2D eigenvalue weighted by Crippen LogP contribution is 2.28. The fraction of sp³-hybridized carbons (Fsp3) is 0.542. The molecule has 2 saturated heterocycles. The molecule has 0 bridgehead atoms. The van der Waals surface area contributed by atoms with E-state index in [0.717, 1.165) is 23.9 Å². The Hall–Kier alpha value is -2.90. The second-order valence-electron chi connectivity index (χ2n) is 9.57. The quantitative estimate of drug-likeness (QED) is 0.710. The average Bonchev–Trinajstić information content (AvgIpc) is 2.77. The van der Waals surface area contributed by atoms with E-state index in [1.165, 1.54) is 12.1 Å². The van der Waals surface area contributed by atoms with Crippen LogP contribution in [0.15, 0.2) is 30.5 Å². The lowest BCUT2D eigenvalue weighted by Gasteiger charge is -2.40. The number of piperidine rings is 1. The highest BCUT2D eigenvalue weighted by Gasteiger charge is 2.34. The Morgan fingerprint density at radius 2 is 1.81 bits per heavy atom. The van der Waals surface area contributed by atoms with Crippen LogP contribution in [-0.4, -0.2) is 71.7 Å². The van der Waals surface area contributed by atoms with Crippen LogP contribution in [0.25, 0.3) is 10.9 Å². The molecule has 32 heavy (non-hydrogen) atoms. The lowest BCUT2D eigenvalue weighted by atomic mass is 9.96. The first-order valence-corrected chi connectivity index (χ1v) is 11.3. The third-order valence-electron chi connectivity index (χ3n) is 6.04. The second-order valence-corrected chi connectivity index (χ2v) is 9.57. The summed E-state index contributed by atoms with van der Waals surface area (Å²) < 4.78 is 19.0. The van der Waals surface area contributed by atoms with Gasteiger partial charge in [-0.25, -0.2) is 9.18 Å². The lowest BCUT2D eigenvalue weighted by Crippen LogP contribution is -2.53. The molecule has 2 fully saturated rings. The zero-order valence-electron chi connectivity index (χ0n) is 19.0. The summed E-state index contributed by atoms with van der Waals surface area (Å²) in [4.78, 5) is 35.7. The molecule has 4 rings (SSSR count). The molecule has 0 saturated carbocycles. The van der Waals surface area contributed by atoms with Gasteiger partial charge >= 0.3 is 6.09 Å². The molecule has 2 aliphatic rings. The monoisotopic (exact) mass is 442 g/mol. The predicted octanol–water partition coefficient (Wildman–Crippen LogP) is 3.67. The predicted molar refractivity (Wildman–Crippen MR) is 121 cm³/mol. The van der Waals surface area contributed by atoms with Crippen LogP contribution in [0.2, 0.25) is 0 Å². The van der Waals surface area contributed by atoms with Gasteiger partial charge in [-0.3, -0.25) is 9.78 Å². The SMILES string of the molecule is CC(C)(C)OC(=O)N1CCCC(C(=O)N2CCN(c3ccnc4cc(F)ccc34)CC2)C1. The van der Waals surface area contributed by atoms with Crippen molar-refractivity contribution in [3.8, 4) is 0 Å². The number of rotatable bonds is 2. The third-order valence-corrected chi connectivity index (χ3v) is 6.04. The number of halogens is 1. The van der Waals surface area contributed by atoms with E-state index in [1.54, 1.807) is 17.2 Å². The number of anilines is 1. The van der Waals surface area contributed by atoms with Crippen molar-refractivity contribution < 1.29 is 18.7 Å². The van der Waals surface area contributed by atoms with Crippen molar-refractivity contribution in [1.82, 2.24) is 14.8 Å². The Bertz CT molecular complexity index is 998. The molecular weight excluding hydrogens is 411 g/mol. The summed E-state index contributed by atoms with van der Waals surface area (Å²) in [5, 5.41) is 0.911. The molecule has 0 spiro atoms. The minimum atomic E-state index is -0.548. The molecule has 0 aliphatic carbocycles. The molecular formula is C24H31FN4O3. The van der Waals surface area contributed by atoms with Crippen LogP contribution >= 0.6 is 0 Å². The molecule has 1 aromatic heterocycles. The number of amides is 2. The summed E-state index contributed by atoms with van der Waals surface area (Å²) in [6.45, 7) is 9.21. The number of hydrogen-bond acceptors (Lipinski definition) is 5. The maximum atomic E-state index is 13.6. The Kier molecular flexibility index (Phi) is 6.22. The van der Waals surface area contributed by atoms with Gasteiger partial charge in [-0.15, -0.1) is 0 Å². The van der Waals surface area contributed by atoms with Crippen LogP contribution in [0, 0.1) is 11.7 Å². The molecule has 172 valence electrons. The minimum absolute atomic E-state index is 0.111. The van der Waals surface area contributed by atoms with Crippen LogP contribution in [0.1, 0.15) is 33.6 Å². The van der Waals surface area contributed by atoms with Gasteiger partial charge in [0.15, 0.2) is 0 Å². The van der Waals surface area contributed by atoms with Gasteiger partial charge in [0.1, 0.15) is 11.4 Å². The molecule has 1 atom stereocenters. The van der Waals surface area contributed by atoms with Crippen molar-refractivity contribution >= 4 is 28.6 Å². The lowest BCUT2D eigenvalue weighted by molar-refractivity contribution is -0.137. The van der Waals surface area contributed by atoms with Crippen molar-refractivity contribution in [3.63, 3.8) is 0 Å². The Labute approximate surface area is 188 Å². The maximum Gasteiger partial charge on any atom is 0.410 e. The van der Waals surface area contributed by atoms with E-state index in [0.29, 0.717) is 44.8 Å². The van der Waals surface area contributed by atoms with Gasteiger partial charge < -0.3 is 19.4 Å². The summed E-state index contributed by atoms with van der Waals surface area (Å²) in [6.07, 6.45) is 2.94. The largest absolute Gasteiger partial charge is 0.444 e. The number of hydrogen-bond donors (Lipinski definition) is 0. The van der Waals surface area contributed by atoms with E-state index in [2.05, 4.69) is 9.88 Å². The Morgan fingerprint density at radius 1 is 1.06 bits per heavy atom. The molecule has 0 radical (unpaired) electrons. The molecule has 1 aromatic carbocycles. The Balaban J connectivity index is 1.37. The summed E-state index contributed by atoms with van der Waals surface area (Å²) in [7, 11) is 0. The number of pyridine rings is 1. The van der Waals surface area contributed by atoms with Gasteiger partial charge in [-0.05, 0) is 51.8 Å². The minimum Gasteiger partial charge on any atom is -0.444 e. The van der Waals surface area contributed by atoms with Crippen LogP contribution in [0.5, 0.6) is 0 Å². The van der Waals surface area contributed by atoms with Crippen molar-refractivity contribution in [3.05, 3.63) is 36.3 Å². The van der Waals surface area contributed by atoms with Crippen molar-refractivity contribution in [1.29, 1.82) is 0 Å². The van der Waals surface area contributed by atoms with Crippen LogP contribution < -0.4 is 4.90 Å². The Morgan fingerprint density at radius 3 is 2.53 bits per heavy atom. The van der Waals surface area contributed by atoms with Crippen molar-refractivity contribution in [2.75, 3.05) is 44.2 Å². The van der Waals surface area contributed by atoms with E-state index in [9.17, 15) is 14.0 Å². The van der Waals surface area contributed by atoms with Crippen LogP contribution in [0.4, 0.5) is 14.9 Å². The van der Waals surface area contributed by atoms with E-state index >= 15 is 0 Å². The number of carbonyl (C=O) groups excluding carboxylic acids is 2. The second kappa shape index (κ2) is 8.92. The number of nitrogens with zero attached hydrogens (tertiary/aromatic N) is 4. The number of aromatic nitrogens is 1. The highest BCUT2D eigenvalue weighted by molar-refractivity contribution is 5.91. The van der Waals surface area contributed by atoms with E-state index in [-0.39, 0.29) is 23.7 Å². The molecule has 1 unspecified atom stereocenters. The smallest absolute Gasteiger partial charge is 0.410 e. The molecule has 2 amide bonds. The van der Waals surface area contributed by atoms with Gasteiger partial charge in [0.2, 0.25) is 5.91 Å². The number of ether oxygens (including phenoxy) is 1. The zero-order chi connectivity index (χ0) is 22.9. The van der Waals surface area contributed by atoms with Crippen molar-refractivity contribution in [2.45, 2.75) is 39.2 Å². The molecule has 2 aromatic rings. The molecule has 8 heteroatoms. The fourth-order valence-electron chi connectivity index (χ4n) is 4.48. The maximum absolute atomic E-state index is 13.6. The highest BCUT2D eigenvalue weighted by atomic mass is 19.1. The van der Waals surface area contributed by atoms with E-state index in [4.69, 9.17) is 4.74 Å². The third kappa shape index (κ3) is 4.95. The first-order chi connectivity index (χ1) is 15.2. The summed E-state index contributed by atoms with van der Waals surface area (Å²) in [5.74, 6) is -0.377. The van der Waals surface area contributed by atoms with Crippen LogP contribution in [-0.2, 0) is 9.53 Å². The number of fused-ring (bicyclic) bond motifs is 1. The average molecular weight is 443 g/mol. The summed E-state index contributed by atoms with van der Waals surface area (Å²) >= 11 is 0. The molecule has 7 nitrogen and oxygen atoms in total. The number of carbonyl (C=O) groups is 2. The summed E-state index contributed by atoms with van der Waals surface area (Å²) in [6, 6.07) is 6.60. The first-order valence-electron chi connectivity index (χ1n) is 11.3. The van der Waals surface area contributed by atoms with Gasteiger partial charge in [-0.1, -0.05) is 0 Å². The molecule has 3 heterocycles. The van der Waals surface area contributed by atoms with Gasteiger partial charge in [-0.2, -0.15) is 0 Å².